The zero-order valence-electron chi connectivity index (χ0n) is 11.4. The van der Waals surface area contributed by atoms with Crippen molar-refractivity contribution >= 4 is 45.4 Å². The molecule has 0 bridgehead atoms. The maximum Gasteiger partial charge on any atom is 0.340 e. The molecule has 0 saturated carbocycles. The molecule has 0 aliphatic rings. The van der Waals surface area contributed by atoms with Crippen molar-refractivity contribution < 1.29 is 19.1 Å². The van der Waals surface area contributed by atoms with E-state index in [1.165, 1.54) is 12.1 Å². The average Bonchev–Trinajstić information content (AvgIpc) is 2.37. The number of carbonyl (C=O) groups is 3. The summed E-state index contributed by atoms with van der Waals surface area (Å²) in [5.41, 5.74) is 4.99. The lowest BCUT2D eigenvalue weighted by molar-refractivity contribution is -0.130. The molecule has 1 unspecified atom stereocenters. The van der Waals surface area contributed by atoms with Crippen LogP contribution < -0.4 is 11.1 Å². The molecule has 3 amide bonds. The van der Waals surface area contributed by atoms with Crippen LogP contribution in [-0.2, 0) is 9.53 Å². The fourth-order valence-corrected chi connectivity index (χ4v) is 2.07. The van der Waals surface area contributed by atoms with Gasteiger partial charge in [-0.2, -0.15) is 0 Å². The molecule has 114 valence electrons. The van der Waals surface area contributed by atoms with E-state index in [9.17, 15) is 14.4 Å². The summed E-state index contributed by atoms with van der Waals surface area (Å²) in [7, 11) is 0. The van der Waals surface area contributed by atoms with Crippen LogP contribution in [0.25, 0.3) is 0 Å². The fraction of sp³-hybridized carbons (Fsp3) is 0.308. The highest BCUT2D eigenvalue weighted by Gasteiger charge is 2.28. The number of hydrogen-bond donors (Lipinski definition) is 2. The number of imide groups is 1. The Morgan fingerprint density at radius 3 is 2.48 bits per heavy atom. The summed E-state index contributed by atoms with van der Waals surface area (Å²) in [6.07, 6.45) is -1.15. The van der Waals surface area contributed by atoms with Gasteiger partial charge in [-0.3, -0.25) is 10.1 Å². The summed E-state index contributed by atoms with van der Waals surface area (Å²) in [6, 6.07) is 3.66. The van der Waals surface area contributed by atoms with E-state index in [4.69, 9.17) is 22.1 Å². The Morgan fingerprint density at radius 2 is 1.95 bits per heavy atom. The van der Waals surface area contributed by atoms with Crippen LogP contribution in [0.4, 0.5) is 4.79 Å². The Kier molecular flexibility index (Phi) is 6.17. The van der Waals surface area contributed by atoms with Gasteiger partial charge in [0.2, 0.25) is 0 Å². The second-order valence-corrected chi connectivity index (χ2v) is 5.87. The molecule has 0 saturated heterocycles. The third kappa shape index (κ3) is 5.02. The van der Waals surface area contributed by atoms with E-state index in [1.807, 2.05) is 5.32 Å². The van der Waals surface area contributed by atoms with E-state index in [0.717, 1.165) is 0 Å². The van der Waals surface area contributed by atoms with E-state index >= 15 is 0 Å². The molecule has 21 heavy (non-hydrogen) atoms. The van der Waals surface area contributed by atoms with E-state index < -0.39 is 24.0 Å². The van der Waals surface area contributed by atoms with E-state index in [-0.39, 0.29) is 16.5 Å². The van der Waals surface area contributed by atoms with E-state index in [0.29, 0.717) is 4.47 Å². The minimum absolute atomic E-state index is 0.114. The largest absolute Gasteiger partial charge is 0.448 e. The number of rotatable bonds is 4. The number of esters is 1. The molecular weight excluding hydrogens is 364 g/mol. The fourth-order valence-electron chi connectivity index (χ4n) is 1.52. The van der Waals surface area contributed by atoms with Crippen molar-refractivity contribution in [2.45, 2.75) is 20.0 Å². The van der Waals surface area contributed by atoms with Gasteiger partial charge in [-0.25, -0.2) is 9.59 Å². The molecule has 0 aliphatic carbocycles. The molecule has 1 aromatic rings. The van der Waals surface area contributed by atoms with Gasteiger partial charge in [0.25, 0.3) is 5.91 Å². The molecule has 8 heteroatoms. The number of nitrogens with two attached hydrogens (primary N) is 1. The van der Waals surface area contributed by atoms with Gasteiger partial charge in [-0.1, -0.05) is 41.4 Å². The summed E-state index contributed by atoms with van der Waals surface area (Å²) >= 11 is 9.14. The first-order chi connectivity index (χ1) is 9.72. The van der Waals surface area contributed by atoms with Gasteiger partial charge in [-0.05, 0) is 24.1 Å². The number of hydrogen-bond acceptors (Lipinski definition) is 4. The first kappa shape index (κ1) is 17.5. The molecular formula is C13H14BrClN2O4. The van der Waals surface area contributed by atoms with Crippen molar-refractivity contribution in [2.75, 3.05) is 0 Å². The van der Waals surface area contributed by atoms with Crippen LogP contribution in [0.2, 0.25) is 5.02 Å². The zero-order chi connectivity index (χ0) is 16.2. The molecule has 0 fully saturated rings. The maximum atomic E-state index is 12.1. The Hall–Kier alpha value is -1.60. The topological polar surface area (TPSA) is 98.5 Å². The van der Waals surface area contributed by atoms with Crippen LogP contribution in [-0.4, -0.2) is 24.0 Å². The molecule has 0 spiro atoms. The lowest BCUT2D eigenvalue weighted by atomic mass is 10.1. The monoisotopic (exact) mass is 376 g/mol. The Bertz CT molecular complexity index is 577. The lowest BCUT2D eigenvalue weighted by Gasteiger charge is -2.20. The molecule has 0 aromatic heterocycles. The predicted octanol–water partition coefficient (Wildman–Crippen LogP) is 2.48. The third-order valence-electron chi connectivity index (χ3n) is 2.49. The number of benzene rings is 1. The highest BCUT2D eigenvalue weighted by atomic mass is 79.9. The van der Waals surface area contributed by atoms with Gasteiger partial charge in [0.15, 0.2) is 6.10 Å². The smallest absolute Gasteiger partial charge is 0.340 e. The van der Waals surface area contributed by atoms with Gasteiger partial charge in [0.1, 0.15) is 0 Å². The molecule has 1 aromatic carbocycles. The molecule has 3 N–H and O–H groups in total. The minimum Gasteiger partial charge on any atom is -0.448 e. The van der Waals surface area contributed by atoms with E-state index in [2.05, 4.69) is 15.9 Å². The number of carbonyl (C=O) groups excluding carboxylic acids is 3. The molecule has 0 heterocycles. The van der Waals surface area contributed by atoms with E-state index in [1.54, 1.807) is 19.9 Å². The van der Waals surface area contributed by atoms with Crippen molar-refractivity contribution in [1.82, 2.24) is 5.32 Å². The average molecular weight is 378 g/mol. The highest BCUT2D eigenvalue weighted by molar-refractivity contribution is 9.10. The Labute approximate surface area is 135 Å². The van der Waals surface area contributed by atoms with Gasteiger partial charge in [0, 0.05) is 4.47 Å². The minimum atomic E-state index is -1.15. The Morgan fingerprint density at radius 1 is 1.33 bits per heavy atom. The van der Waals surface area contributed by atoms with Gasteiger partial charge < -0.3 is 10.5 Å². The molecule has 0 radical (unpaired) electrons. The first-order valence-electron chi connectivity index (χ1n) is 5.98. The third-order valence-corrected chi connectivity index (χ3v) is 3.32. The number of halogens is 2. The number of ether oxygens (including phenoxy) is 1. The van der Waals surface area contributed by atoms with Crippen LogP contribution in [0, 0.1) is 5.92 Å². The lowest BCUT2D eigenvalue weighted by Crippen LogP contribution is -2.45. The summed E-state index contributed by atoms with van der Waals surface area (Å²) in [5, 5.41) is 2.08. The summed E-state index contributed by atoms with van der Waals surface area (Å²) in [5.74, 6) is -1.89. The maximum absolute atomic E-state index is 12.1. The number of amides is 3. The van der Waals surface area contributed by atoms with Gasteiger partial charge in [-0.15, -0.1) is 0 Å². The SMILES string of the molecule is CC(C)C(OC(=O)c1cc(Br)ccc1Cl)C(=O)NC(N)=O. The normalized spacial score (nSPS) is 11.9. The van der Waals surface area contributed by atoms with Gasteiger partial charge in [0.05, 0.1) is 10.6 Å². The number of nitrogens with one attached hydrogen (secondary N) is 1. The van der Waals surface area contributed by atoms with Crippen molar-refractivity contribution in [3.05, 3.63) is 33.3 Å². The van der Waals surface area contributed by atoms with Gasteiger partial charge >= 0.3 is 12.0 Å². The molecule has 1 atom stereocenters. The second-order valence-electron chi connectivity index (χ2n) is 4.55. The number of primary amides is 1. The van der Waals surface area contributed by atoms with Crippen molar-refractivity contribution in [3.63, 3.8) is 0 Å². The first-order valence-corrected chi connectivity index (χ1v) is 7.15. The van der Waals surface area contributed by atoms with Crippen LogP contribution in [0.3, 0.4) is 0 Å². The molecule has 1 rings (SSSR count). The van der Waals surface area contributed by atoms with Crippen molar-refractivity contribution in [3.8, 4) is 0 Å². The van der Waals surface area contributed by atoms with Crippen molar-refractivity contribution in [2.24, 2.45) is 11.7 Å². The summed E-state index contributed by atoms with van der Waals surface area (Å²) in [4.78, 5) is 34.6. The summed E-state index contributed by atoms with van der Waals surface area (Å²) < 4.78 is 5.77. The summed E-state index contributed by atoms with van der Waals surface area (Å²) in [6.45, 7) is 3.34. The highest BCUT2D eigenvalue weighted by Crippen LogP contribution is 2.23. The molecule has 6 nitrogen and oxygen atoms in total. The van der Waals surface area contributed by atoms with Crippen LogP contribution in [0.5, 0.6) is 0 Å². The zero-order valence-corrected chi connectivity index (χ0v) is 13.7. The molecule has 0 aliphatic heterocycles. The quantitative estimate of drug-likeness (QED) is 0.787. The van der Waals surface area contributed by atoms with Crippen molar-refractivity contribution in [1.29, 1.82) is 0 Å². The standard InChI is InChI=1S/C13H14BrClN2O4/c1-6(2)10(11(18)17-13(16)20)21-12(19)8-5-7(14)3-4-9(8)15/h3-6,10H,1-2H3,(H3,16,17,18,20). The van der Waals surface area contributed by atoms with Crippen LogP contribution in [0.1, 0.15) is 24.2 Å². The number of urea groups is 1. The predicted molar refractivity (Wildman–Crippen MR) is 80.9 cm³/mol. The second kappa shape index (κ2) is 7.42. The Balaban J connectivity index is 2.93. The van der Waals surface area contributed by atoms with Crippen LogP contribution >= 0.6 is 27.5 Å². The van der Waals surface area contributed by atoms with Crippen LogP contribution in [0.15, 0.2) is 22.7 Å².